The minimum Gasteiger partial charge on any atom is -0.507 e. The monoisotopic (exact) mass is 829 g/mol. The standard InChI is InChI=1S/C57H59N3O/c1-36(2)47-35-44(25-26-45(47)38-21-16-13-17-22-38)60-51-24-18-23-46(52(51)59-54(60)48-33-43(56(6,7)8)34-49(53(48)61)57(9,10)11)40-29-41(31-42(30-40)55(3,4)5)50-32-39(27-28-58-50)37-19-14-12-15-20-37/h12-36,61H,1-11H3/i6D3,7D3,8D3,9D3,10D3,11D3,12D,14D,15D,19D,20D,27D,28D,32D,36D. The summed E-state index contributed by atoms with van der Waals surface area (Å²) in [6, 6.07) is 18.9. The molecule has 8 aromatic rings. The average Bonchev–Trinajstić information content (AvgIpc) is 0.787. The van der Waals surface area contributed by atoms with Gasteiger partial charge in [0.05, 0.1) is 33.3 Å². The lowest BCUT2D eigenvalue weighted by molar-refractivity contribution is 0.446. The Morgan fingerprint density at radius 2 is 1.36 bits per heavy atom. The average molecular weight is 829 g/mol. The summed E-state index contributed by atoms with van der Waals surface area (Å²) in [6.07, 6.45) is -0.727. The Hall–Kier alpha value is -6.26. The van der Waals surface area contributed by atoms with Crippen LogP contribution in [0.3, 0.4) is 0 Å². The molecular weight excluding hydrogens is 743 g/mol. The van der Waals surface area contributed by atoms with Crippen LogP contribution in [0.4, 0.5) is 0 Å². The highest BCUT2D eigenvalue weighted by atomic mass is 16.3. The number of aromatic hydroxyl groups is 1. The van der Waals surface area contributed by atoms with Crippen LogP contribution in [0, 0.1) is 0 Å². The fourth-order valence-electron chi connectivity index (χ4n) is 7.34. The van der Waals surface area contributed by atoms with Crippen molar-refractivity contribution in [2.45, 2.75) is 97.9 Å². The molecule has 0 saturated heterocycles. The lowest BCUT2D eigenvalue weighted by Crippen LogP contribution is -2.17. The molecule has 0 bridgehead atoms. The summed E-state index contributed by atoms with van der Waals surface area (Å²) in [5, 5.41) is 13.0. The van der Waals surface area contributed by atoms with Gasteiger partial charge < -0.3 is 5.11 Å². The zero-order valence-corrected chi connectivity index (χ0v) is 34.0. The lowest BCUT2D eigenvalue weighted by atomic mass is 9.79. The summed E-state index contributed by atoms with van der Waals surface area (Å²) in [6.45, 7) is -16.4. The van der Waals surface area contributed by atoms with Crippen molar-refractivity contribution in [3.63, 3.8) is 0 Å². The van der Waals surface area contributed by atoms with Gasteiger partial charge in [-0.2, -0.15) is 0 Å². The minimum atomic E-state index is -4.25. The number of hydrogen-bond acceptors (Lipinski definition) is 3. The number of pyridine rings is 1. The minimum absolute atomic E-state index is 0.0556. The number of hydrogen-bond donors (Lipinski definition) is 1. The van der Waals surface area contributed by atoms with Crippen molar-refractivity contribution < 1.29 is 42.1 Å². The van der Waals surface area contributed by atoms with Crippen LogP contribution < -0.4 is 0 Å². The number of phenolic OH excluding ortho intramolecular Hbond substituents is 1. The van der Waals surface area contributed by atoms with Crippen molar-refractivity contribution in [2.75, 3.05) is 0 Å². The Balaban J connectivity index is 1.62. The summed E-state index contributed by atoms with van der Waals surface area (Å²) < 4.78 is 238. The van der Waals surface area contributed by atoms with Crippen LogP contribution in [0.1, 0.15) is 141 Å². The molecule has 8 rings (SSSR count). The molecule has 61 heavy (non-hydrogen) atoms. The number of nitrogens with zero attached hydrogens (tertiary/aromatic N) is 3. The van der Waals surface area contributed by atoms with Gasteiger partial charge in [0.25, 0.3) is 0 Å². The van der Waals surface area contributed by atoms with Gasteiger partial charge in [-0.05, 0) is 115 Å². The van der Waals surface area contributed by atoms with Gasteiger partial charge in [-0.15, -0.1) is 0 Å². The Labute approximate surface area is 401 Å². The number of benzene rings is 6. The second kappa shape index (κ2) is 15.6. The van der Waals surface area contributed by atoms with Crippen LogP contribution in [0.5, 0.6) is 5.75 Å². The van der Waals surface area contributed by atoms with Gasteiger partial charge in [0.15, 0.2) is 0 Å². The second-order valence-corrected chi connectivity index (χ2v) is 16.2. The molecule has 6 aromatic carbocycles. The van der Waals surface area contributed by atoms with Crippen molar-refractivity contribution in [3.05, 3.63) is 168 Å². The Morgan fingerprint density at radius 1 is 0.639 bits per heavy atom. The number of para-hydroxylation sites is 1. The van der Waals surface area contributed by atoms with E-state index in [1.54, 1.807) is 86.6 Å². The maximum atomic E-state index is 13.0. The molecular formula is C57H59N3O. The maximum absolute atomic E-state index is 13.0. The van der Waals surface area contributed by atoms with Gasteiger partial charge in [0.1, 0.15) is 11.6 Å². The zero-order chi connectivity index (χ0) is 66.3. The smallest absolute Gasteiger partial charge is 0.149 e. The number of rotatable bonds is 7. The Bertz CT molecular complexity index is 3980. The molecule has 2 aromatic heterocycles. The van der Waals surface area contributed by atoms with E-state index in [0.717, 1.165) is 0 Å². The third-order valence-electron chi connectivity index (χ3n) is 10.5. The normalized spacial score (nSPS) is 20.2. The first-order chi connectivity index (χ1) is 40.0. The van der Waals surface area contributed by atoms with E-state index in [4.69, 9.17) is 39.3 Å². The molecule has 0 aliphatic heterocycles. The molecule has 1 N–H and O–H groups in total. The number of aromatic nitrogens is 3. The number of imidazole rings is 1. The van der Waals surface area contributed by atoms with E-state index in [0.29, 0.717) is 28.3 Å². The highest BCUT2D eigenvalue weighted by Gasteiger charge is 2.29. The van der Waals surface area contributed by atoms with E-state index in [1.807, 2.05) is 20.8 Å². The topological polar surface area (TPSA) is 50.9 Å². The van der Waals surface area contributed by atoms with Gasteiger partial charge in [-0.3, -0.25) is 9.55 Å². The largest absolute Gasteiger partial charge is 0.507 e. The molecule has 0 radical (unpaired) electrons. The molecule has 4 heteroatoms. The van der Waals surface area contributed by atoms with E-state index in [1.165, 1.54) is 16.7 Å². The summed E-state index contributed by atoms with van der Waals surface area (Å²) in [7, 11) is 0. The van der Waals surface area contributed by atoms with E-state index in [-0.39, 0.29) is 45.2 Å². The second-order valence-electron chi connectivity index (χ2n) is 16.2. The predicted molar refractivity (Wildman–Crippen MR) is 258 cm³/mol. The molecule has 0 saturated carbocycles. The Kier molecular flexibility index (Phi) is 5.15. The van der Waals surface area contributed by atoms with Crippen molar-refractivity contribution >= 4 is 11.0 Å². The van der Waals surface area contributed by atoms with Crippen molar-refractivity contribution in [2.24, 2.45) is 0 Å². The first-order valence-electron chi connectivity index (χ1n) is 32.8. The summed E-state index contributed by atoms with van der Waals surface area (Å²) in [5.74, 6) is -3.54. The molecule has 0 spiro atoms. The van der Waals surface area contributed by atoms with E-state index in [2.05, 4.69) is 4.98 Å². The van der Waals surface area contributed by atoms with Crippen LogP contribution >= 0.6 is 0 Å². The van der Waals surface area contributed by atoms with Gasteiger partial charge in [-0.25, -0.2) is 4.98 Å². The SMILES string of the molecule is [2H]c1nc(-c2cc(-c3cccc4c3nc(-c3cc(C(C([2H])([2H])[2H])(C([2H])([2H])[2H])C([2H])([2H])[2H])cc(C(C([2H])([2H])[2H])(C([2H])([2H])[2H])C([2H])([2H])[2H])c3O)n4-c3ccc(-c4ccccc4)c(C([2H])(C)C)c3)cc(C(C)(C)C)c2)c([2H])c(-c2c([2H])c([2H])c([2H])c([2H])c2[2H])c1[2H]. The van der Waals surface area contributed by atoms with Gasteiger partial charge in [0.2, 0.25) is 0 Å². The van der Waals surface area contributed by atoms with Crippen molar-refractivity contribution in [1.82, 2.24) is 14.5 Å². The van der Waals surface area contributed by atoms with E-state index >= 15 is 0 Å². The first-order valence-corrected chi connectivity index (χ1v) is 19.3. The summed E-state index contributed by atoms with van der Waals surface area (Å²) in [5.41, 5.74) is -11.6. The van der Waals surface area contributed by atoms with E-state index < -0.39 is 151 Å². The van der Waals surface area contributed by atoms with Crippen molar-refractivity contribution in [1.29, 1.82) is 0 Å². The van der Waals surface area contributed by atoms with Crippen LogP contribution in [0.15, 0.2) is 146 Å². The molecule has 0 amide bonds. The zero-order valence-electron chi connectivity index (χ0n) is 61.0. The van der Waals surface area contributed by atoms with Gasteiger partial charge >= 0.3 is 0 Å². The van der Waals surface area contributed by atoms with Crippen LogP contribution in [0.25, 0.3) is 72.7 Å². The molecule has 0 aliphatic rings. The van der Waals surface area contributed by atoms with Crippen LogP contribution in [-0.4, -0.2) is 19.6 Å². The lowest BCUT2D eigenvalue weighted by Gasteiger charge is -2.27. The van der Waals surface area contributed by atoms with E-state index in [9.17, 15) is 7.85 Å². The third-order valence-corrected chi connectivity index (χ3v) is 10.5. The van der Waals surface area contributed by atoms with Crippen molar-refractivity contribution in [3.8, 4) is 67.5 Å². The van der Waals surface area contributed by atoms with Crippen LogP contribution in [-0.2, 0) is 16.2 Å². The maximum Gasteiger partial charge on any atom is 0.149 e. The Morgan fingerprint density at radius 3 is 2.07 bits per heavy atom. The van der Waals surface area contributed by atoms with Gasteiger partial charge in [-0.1, -0.05) is 167 Å². The molecule has 4 nitrogen and oxygen atoms in total. The van der Waals surface area contributed by atoms with Crippen LogP contribution in [0.2, 0.25) is 0 Å². The molecule has 2 heterocycles. The number of phenols is 1. The summed E-state index contributed by atoms with van der Waals surface area (Å²) >= 11 is 0. The third kappa shape index (κ3) is 8.16. The highest BCUT2D eigenvalue weighted by Crippen LogP contribution is 2.45. The summed E-state index contributed by atoms with van der Waals surface area (Å²) in [4.78, 5) is 9.36. The molecule has 0 aliphatic carbocycles. The van der Waals surface area contributed by atoms with Gasteiger partial charge in [0, 0.05) is 54.6 Å². The first kappa shape index (κ1) is 20.1. The fourth-order valence-corrected chi connectivity index (χ4v) is 7.34. The molecule has 0 fully saturated rings. The number of fused-ring (bicyclic) bond motifs is 1. The molecule has 0 unspecified atom stereocenters. The quantitative estimate of drug-likeness (QED) is 0.174. The molecule has 308 valence electrons. The fraction of sp³-hybridized carbons (Fsp3) is 0.263. The highest BCUT2D eigenvalue weighted by molar-refractivity contribution is 5.97. The molecule has 0 atom stereocenters. The predicted octanol–water partition coefficient (Wildman–Crippen LogP) is 15.5.